The molecule has 2 aromatic heterocycles. The molecule has 0 unspecified atom stereocenters. The van der Waals surface area contributed by atoms with Crippen LogP contribution in [0.5, 0.6) is 0 Å². The quantitative estimate of drug-likeness (QED) is 0.778. The highest BCUT2D eigenvalue weighted by molar-refractivity contribution is 5.91. The molecule has 0 bridgehead atoms. The summed E-state index contributed by atoms with van der Waals surface area (Å²) in [6.45, 7) is 8.74. The summed E-state index contributed by atoms with van der Waals surface area (Å²) in [5.41, 5.74) is 5.85. The highest BCUT2D eigenvalue weighted by Crippen LogP contribution is 2.20. The SMILES string of the molecule is Cc1cccc(Cn2nc(C)c(NC(=O)Cn3ccc(C)n3)c2C)c1. The summed E-state index contributed by atoms with van der Waals surface area (Å²) in [6, 6.07) is 10.2. The van der Waals surface area contributed by atoms with Crippen LogP contribution in [0.2, 0.25) is 0 Å². The lowest BCUT2D eigenvalue weighted by molar-refractivity contribution is -0.116. The van der Waals surface area contributed by atoms with Crippen molar-refractivity contribution in [2.75, 3.05) is 5.32 Å². The number of carbonyl (C=O) groups excluding carboxylic acids is 1. The fraction of sp³-hybridized carbons (Fsp3) is 0.316. The molecule has 6 heteroatoms. The van der Waals surface area contributed by atoms with E-state index in [0.29, 0.717) is 6.54 Å². The standard InChI is InChI=1S/C19H23N5O/c1-13-6-5-7-17(10-13)11-24-16(4)19(15(3)22-24)20-18(25)12-23-9-8-14(2)21-23/h5-10H,11-12H2,1-4H3,(H,20,25). The van der Waals surface area contributed by atoms with Crippen LogP contribution < -0.4 is 5.32 Å². The molecule has 0 aliphatic rings. The summed E-state index contributed by atoms with van der Waals surface area (Å²) in [6.07, 6.45) is 1.80. The second kappa shape index (κ2) is 6.93. The van der Waals surface area contributed by atoms with Gasteiger partial charge in [-0.15, -0.1) is 0 Å². The highest BCUT2D eigenvalue weighted by Gasteiger charge is 2.15. The number of amides is 1. The molecular formula is C19H23N5O. The zero-order valence-corrected chi connectivity index (χ0v) is 15.1. The van der Waals surface area contributed by atoms with E-state index >= 15 is 0 Å². The van der Waals surface area contributed by atoms with Crippen LogP contribution >= 0.6 is 0 Å². The van der Waals surface area contributed by atoms with Crippen LogP contribution in [-0.4, -0.2) is 25.5 Å². The fourth-order valence-electron chi connectivity index (χ4n) is 2.89. The molecule has 0 fully saturated rings. The zero-order valence-electron chi connectivity index (χ0n) is 15.1. The molecule has 6 nitrogen and oxygen atoms in total. The van der Waals surface area contributed by atoms with Gasteiger partial charge in [0.15, 0.2) is 0 Å². The van der Waals surface area contributed by atoms with Crippen LogP contribution in [0, 0.1) is 27.7 Å². The topological polar surface area (TPSA) is 64.7 Å². The number of hydrogen-bond donors (Lipinski definition) is 1. The van der Waals surface area contributed by atoms with E-state index in [1.165, 1.54) is 11.1 Å². The number of anilines is 1. The summed E-state index contributed by atoms with van der Waals surface area (Å²) in [4.78, 5) is 12.3. The number of aryl methyl sites for hydroxylation is 3. The number of hydrogen-bond acceptors (Lipinski definition) is 3. The van der Waals surface area contributed by atoms with Crippen molar-refractivity contribution < 1.29 is 4.79 Å². The predicted molar refractivity (Wildman–Crippen MR) is 97.6 cm³/mol. The van der Waals surface area contributed by atoms with Crippen molar-refractivity contribution in [3.05, 3.63) is 64.7 Å². The number of aromatic nitrogens is 4. The molecule has 3 aromatic rings. The molecular weight excluding hydrogens is 314 g/mol. The Labute approximate surface area is 147 Å². The molecule has 1 aromatic carbocycles. The molecule has 25 heavy (non-hydrogen) atoms. The van der Waals surface area contributed by atoms with Crippen molar-refractivity contribution in [3.8, 4) is 0 Å². The molecule has 1 amide bonds. The maximum atomic E-state index is 12.3. The van der Waals surface area contributed by atoms with Gasteiger partial charge in [-0.3, -0.25) is 14.2 Å². The molecule has 3 rings (SSSR count). The van der Waals surface area contributed by atoms with Gasteiger partial charge in [-0.25, -0.2) is 0 Å². The Hall–Kier alpha value is -2.89. The lowest BCUT2D eigenvalue weighted by Gasteiger charge is -2.08. The largest absolute Gasteiger partial charge is 0.321 e. The number of benzene rings is 1. The van der Waals surface area contributed by atoms with Gasteiger partial charge in [-0.05, 0) is 39.3 Å². The third-order valence-corrected chi connectivity index (χ3v) is 4.14. The summed E-state index contributed by atoms with van der Waals surface area (Å²) < 4.78 is 3.56. The zero-order chi connectivity index (χ0) is 18.0. The van der Waals surface area contributed by atoms with Crippen LogP contribution in [0.3, 0.4) is 0 Å². The maximum Gasteiger partial charge on any atom is 0.246 e. The van der Waals surface area contributed by atoms with Crippen molar-refractivity contribution >= 4 is 11.6 Å². The first kappa shape index (κ1) is 17.0. The molecule has 0 saturated carbocycles. The van der Waals surface area contributed by atoms with Crippen molar-refractivity contribution in [3.63, 3.8) is 0 Å². The maximum absolute atomic E-state index is 12.3. The number of nitrogens with zero attached hydrogens (tertiary/aromatic N) is 4. The minimum atomic E-state index is -0.107. The highest BCUT2D eigenvalue weighted by atomic mass is 16.2. The number of rotatable bonds is 5. The molecule has 2 heterocycles. The van der Waals surface area contributed by atoms with Crippen molar-refractivity contribution in [2.45, 2.75) is 40.8 Å². The number of carbonyl (C=O) groups is 1. The van der Waals surface area contributed by atoms with Gasteiger partial charge in [-0.2, -0.15) is 10.2 Å². The minimum Gasteiger partial charge on any atom is -0.321 e. The van der Waals surface area contributed by atoms with E-state index in [1.807, 2.05) is 37.6 Å². The van der Waals surface area contributed by atoms with Gasteiger partial charge in [-0.1, -0.05) is 29.8 Å². The van der Waals surface area contributed by atoms with E-state index in [2.05, 4.69) is 40.6 Å². The van der Waals surface area contributed by atoms with E-state index in [4.69, 9.17) is 0 Å². The van der Waals surface area contributed by atoms with Gasteiger partial charge in [0.1, 0.15) is 6.54 Å². The lowest BCUT2D eigenvalue weighted by Crippen LogP contribution is -2.20. The van der Waals surface area contributed by atoms with Gasteiger partial charge in [0.05, 0.1) is 29.3 Å². The first-order valence-electron chi connectivity index (χ1n) is 8.32. The average Bonchev–Trinajstić information content (AvgIpc) is 3.06. The van der Waals surface area contributed by atoms with E-state index in [9.17, 15) is 4.79 Å². The minimum absolute atomic E-state index is 0.107. The Morgan fingerprint density at radius 1 is 1.12 bits per heavy atom. The van der Waals surface area contributed by atoms with Crippen LogP contribution in [0.25, 0.3) is 0 Å². The first-order chi connectivity index (χ1) is 11.9. The van der Waals surface area contributed by atoms with E-state index in [-0.39, 0.29) is 12.5 Å². The van der Waals surface area contributed by atoms with Crippen LogP contribution in [0.4, 0.5) is 5.69 Å². The van der Waals surface area contributed by atoms with E-state index in [1.54, 1.807) is 10.9 Å². The van der Waals surface area contributed by atoms with Gasteiger partial charge in [0.25, 0.3) is 0 Å². The fourth-order valence-corrected chi connectivity index (χ4v) is 2.89. The van der Waals surface area contributed by atoms with Crippen LogP contribution in [-0.2, 0) is 17.9 Å². The molecule has 0 saturated heterocycles. The molecule has 0 aliphatic carbocycles. The van der Waals surface area contributed by atoms with Crippen molar-refractivity contribution in [1.29, 1.82) is 0 Å². The third-order valence-electron chi connectivity index (χ3n) is 4.14. The lowest BCUT2D eigenvalue weighted by atomic mass is 10.1. The molecule has 0 spiro atoms. The number of nitrogens with one attached hydrogen (secondary N) is 1. The molecule has 0 radical (unpaired) electrons. The van der Waals surface area contributed by atoms with Crippen LogP contribution in [0.15, 0.2) is 36.5 Å². The molecule has 1 N–H and O–H groups in total. The van der Waals surface area contributed by atoms with Crippen molar-refractivity contribution in [1.82, 2.24) is 19.6 Å². The second-order valence-electron chi connectivity index (χ2n) is 6.40. The van der Waals surface area contributed by atoms with E-state index in [0.717, 1.165) is 22.8 Å². The monoisotopic (exact) mass is 337 g/mol. The average molecular weight is 337 g/mol. The summed E-state index contributed by atoms with van der Waals surface area (Å²) >= 11 is 0. The van der Waals surface area contributed by atoms with E-state index < -0.39 is 0 Å². The Bertz CT molecular complexity index is 906. The summed E-state index contributed by atoms with van der Waals surface area (Å²) in [5, 5.41) is 11.8. The third kappa shape index (κ3) is 3.96. The normalized spacial score (nSPS) is 10.9. The Morgan fingerprint density at radius 2 is 1.92 bits per heavy atom. The molecule has 0 atom stereocenters. The van der Waals surface area contributed by atoms with Crippen molar-refractivity contribution in [2.24, 2.45) is 0 Å². The van der Waals surface area contributed by atoms with Gasteiger partial charge >= 0.3 is 0 Å². The molecule has 0 aliphatic heterocycles. The molecule has 130 valence electrons. The second-order valence-corrected chi connectivity index (χ2v) is 6.40. The summed E-state index contributed by atoms with van der Waals surface area (Å²) in [5.74, 6) is -0.107. The summed E-state index contributed by atoms with van der Waals surface area (Å²) in [7, 11) is 0. The van der Waals surface area contributed by atoms with Gasteiger partial charge in [0, 0.05) is 6.20 Å². The predicted octanol–water partition coefficient (Wildman–Crippen LogP) is 3.00. The smallest absolute Gasteiger partial charge is 0.246 e. The van der Waals surface area contributed by atoms with Crippen LogP contribution in [0.1, 0.15) is 28.2 Å². The van der Waals surface area contributed by atoms with Gasteiger partial charge in [0.2, 0.25) is 5.91 Å². The first-order valence-corrected chi connectivity index (χ1v) is 8.32. The Kier molecular flexibility index (Phi) is 4.70. The Morgan fingerprint density at radius 3 is 2.60 bits per heavy atom. The Balaban J connectivity index is 1.74. The van der Waals surface area contributed by atoms with Gasteiger partial charge < -0.3 is 5.32 Å².